The Morgan fingerprint density at radius 3 is 2.77 bits per heavy atom. The second kappa shape index (κ2) is 8.84. The molecule has 0 spiro atoms. The van der Waals surface area contributed by atoms with E-state index in [0.717, 1.165) is 15.2 Å². The van der Waals surface area contributed by atoms with Gasteiger partial charge in [0, 0.05) is 13.2 Å². The number of aromatic nitrogens is 4. The standard InChI is InChI=1S/C17H21N5O3S/c1-3-24-16(25-4-2)11-22-10-13(20-21-22)17(23)18-9-15-19-12-7-5-6-8-14(12)26-15/h5-8,10,16H,3-4,9,11H2,1-2H3,(H,18,23). The van der Waals surface area contributed by atoms with E-state index in [1.807, 2.05) is 38.1 Å². The number of thiazole rings is 1. The van der Waals surface area contributed by atoms with E-state index >= 15 is 0 Å². The number of nitrogens with zero attached hydrogens (tertiary/aromatic N) is 4. The van der Waals surface area contributed by atoms with Crippen LogP contribution in [0, 0.1) is 0 Å². The maximum atomic E-state index is 12.3. The van der Waals surface area contributed by atoms with Crippen molar-refractivity contribution in [2.24, 2.45) is 0 Å². The lowest BCUT2D eigenvalue weighted by Crippen LogP contribution is -2.24. The van der Waals surface area contributed by atoms with Gasteiger partial charge in [-0.15, -0.1) is 16.4 Å². The molecular formula is C17H21N5O3S. The molecule has 0 radical (unpaired) electrons. The minimum Gasteiger partial charge on any atom is -0.351 e. The van der Waals surface area contributed by atoms with Crippen molar-refractivity contribution >= 4 is 27.5 Å². The molecule has 2 heterocycles. The minimum atomic E-state index is -0.412. The van der Waals surface area contributed by atoms with Crippen LogP contribution in [-0.2, 0) is 22.6 Å². The first-order valence-electron chi connectivity index (χ1n) is 8.45. The molecule has 1 amide bonds. The Hall–Kier alpha value is -2.36. The third kappa shape index (κ3) is 4.63. The SMILES string of the molecule is CCOC(Cn1cc(C(=O)NCc2nc3ccccc3s2)nn1)OCC. The molecule has 138 valence electrons. The molecule has 8 nitrogen and oxygen atoms in total. The summed E-state index contributed by atoms with van der Waals surface area (Å²) in [7, 11) is 0. The molecule has 0 saturated carbocycles. The lowest BCUT2D eigenvalue weighted by Gasteiger charge is -2.16. The topological polar surface area (TPSA) is 91.2 Å². The van der Waals surface area contributed by atoms with E-state index in [9.17, 15) is 4.79 Å². The average Bonchev–Trinajstić information content (AvgIpc) is 3.26. The fourth-order valence-corrected chi connectivity index (χ4v) is 3.32. The molecular weight excluding hydrogens is 354 g/mol. The summed E-state index contributed by atoms with van der Waals surface area (Å²) < 4.78 is 13.6. The predicted octanol–water partition coefficient (Wildman–Crippen LogP) is 2.22. The van der Waals surface area contributed by atoms with E-state index in [0.29, 0.717) is 26.3 Å². The maximum absolute atomic E-state index is 12.3. The molecule has 0 aliphatic rings. The van der Waals surface area contributed by atoms with Crippen molar-refractivity contribution in [2.45, 2.75) is 33.2 Å². The molecule has 9 heteroatoms. The van der Waals surface area contributed by atoms with Gasteiger partial charge in [-0.1, -0.05) is 17.3 Å². The number of para-hydroxylation sites is 1. The van der Waals surface area contributed by atoms with Gasteiger partial charge >= 0.3 is 0 Å². The molecule has 1 N–H and O–H groups in total. The summed E-state index contributed by atoms with van der Waals surface area (Å²) in [5.74, 6) is -0.292. The van der Waals surface area contributed by atoms with Gasteiger partial charge in [-0.05, 0) is 26.0 Å². The number of ether oxygens (including phenoxy) is 2. The number of hydrogen-bond acceptors (Lipinski definition) is 7. The number of fused-ring (bicyclic) bond motifs is 1. The molecule has 0 atom stereocenters. The van der Waals surface area contributed by atoms with Crippen LogP contribution in [0.5, 0.6) is 0 Å². The van der Waals surface area contributed by atoms with Crippen molar-refractivity contribution in [3.63, 3.8) is 0 Å². The van der Waals surface area contributed by atoms with Crippen molar-refractivity contribution in [3.05, 3.63) is 41.2 Å². The van der Waals surface area contributed by atoms with E-state index in [2.05, 4.69) is 20.6 Å². The first kappa shape index (κ1) is 18.4. The van der Waals surface area contributed by atoms with Crippen molar-refractivity contribution in [1.29, 1.82) is 0 Å². The Labute approximate surface area is 155 Å². The predicted molar refractivity (Wildman–Crippen MR) is 97.9 cm³/mol. The van der Waals surface area contributed by atoms with Gasteiger partial charge in [0.2, 0.25) is 0 Å². The Kier molecular flexibility index (Phi) is 6.26. The number of amides is 1. The average molecular weight is 375 g/mol. The number of carbonyl (C=O) groups is 1. The first-order valence-corrected chi connectivity index (χ1v) is 9.27. The molecule has 0 bridgehead atoms. The van der Waals surface area contributed by atoms with E-state index in [1.165, 1.54) is 0 Å². The molecule has 0 fully saturated rings. The Balaban J connectivity index is 1.57. The second-order valence-electron chi connectivity index (χ2n) is 5.42. The summed E-state index contributed by atoms with van der Waals surface area (Å²) in [4.78, 5) is 16.8. The van der Waals surface area contributed by atoms with Gasteiger partial charge < -0.3 is 14.8 Å². The molecule has 26 heavy (non-hydrogen) atoms. The summed E-state index contributed by atoms with van der Waals surface area (Å²) in [6.07, 6.45) is 1.17. The highest BCUT2D eigenvalue weighted by atomic mass is 32.1. The van der Waals surface area contributed by atoms with E-state index < -0.39 is 6.29 Å². The lowest BCUT2D eigenvalue weighted by atomic mass is 10.3. The fourth-order valence-electron chi connectivity index (χ4n) is 2.41. The van der Waals surface area contributed by atoms with Gasteiger partial charge in [0.15, 0.2) is 12.0 Å². The summed E-state index contributed by atoms with van der Waals surface area (Å²) in [5, 5.41) is 11.6. The van der Waals surface area contributed by atoms with Crippen LogP contribution in [0.1, 0.15) is 29.3 Å². The van der Waals surface area contributed by atoms with Gasteiger partial charge in [-0.25, -0.2) is 9.67 Å². The number of benzene rings is 1. The van der Waals surface area contributed by atoms with E-state index in [4.69, 9.17) is 9.47 Å². The number of hydrogen-bond donors (Lipinski definition) is 1. The number of rotatable bonds is 9. The van der Waals surface area contributed by atoms with Crippen LogP contribution < -0.4 is 5.32 Å². The quantitative estimate of drug-likeness (QED) is 0.577. The molecule has 1 aromatic carbocycles. The van der Waals surface area contributed by atoms with Crippen LogP contribution in [0.2, 0.25) is 0 Å². The first-order chi connectivity index (χ1) is 12.7. The summed E-state index contributed by atoms with van der Waals surface area (Å²) in [6, 6.07) is 7.88. The second-order valence-corrected chi connectivity index (χ2v) is 6.54. The van der Waals surface area contributed by atoms with Crippen molar-refractivity contribution in [3.8, 4) is 0 Å². The van der Waals surface area contributed by atoms with Gasteiger partial charge in [-0.2, -0.15) is 0 Å². The minimum absolute atomic E-state index is 0.248. The van der Waals surface area contributed by atoms with Crippen LogP contribution in [0.4, 0.5) is 0 Å². The van der Waals surface area contributed by atoms with E-state index in [1.54, 1.807) is 22.2 Å². The van der Waals surface area contributed by atoms with Crippen LogP contribution >= 0.6 is 11.3 Å². The molecule has 0 saturated heterocycles. The van der Waals surface area contributed by atoms with Gasteiger partial charge in [-0.3, -0.25) is 4.79 Å². The highest BCUT2D eigenvalue weighted by Gasteiger charge is 2.15. The zero-order valence-electron chi connectivity index (χ0n) is 14.7. The molecule has 3 aromatic rings. The van der Waals surface area contributed by atoms with Gasteiger partial charge in [0.05, 0.1) is 29.5 Å². The Bertz CT molecular complexity index is 824. The highest BCUT2D eigenvalue weighted by molar-refractivity contribution is 7.18. The molecule has 2 aromatic heterocycles. The largest absolute Gasteiger partial charge is 0.351 e. The summed E-state index contributed by atoms with van der Waals surface area (Å²) >= 11 is 1.56. The molecule has 0 aliphatic carbocycles. The smallest absolute Gasteiger partial charge is 0.273 e. The zero-order chi connectivity index (χ0) is 18.4. The van der Waals surface area contributed by atoms with Crippen LogP contribution in [0.15, 0.2) is 30.5 Å². The molecule has 0 aliphatic heterocycles. The van der Waals surface area contributed by atoms with Crippen LogP contribution in [0.25, 0.3) is 10.2 Å². The van der Waals surface area contributed by atoms with Crippen molar-refractivity contribution in [1.82, 2.24) is 25.3 Å². The van der Waals surface area contributed by atoms with Crippen LogP contribution in [-0.4, -0.2) is 45.4 Å². The summed E-state index contributed by atoms with van der Waals surface area (Å²) in [5.41, 5.74) is 1.18. The van der Waals surface area contributed by atoms with Crippen molar-refractivity contribution in [2.75, 3.05) is 13.2 Å². The third-order valence-electron chi connectivity index (χ3n) is 3.55. The third-order valence-corrected chi connectivity index (χ3v) is 4.59. The normalized spacial score (nSPS) is 11.3. The highest BCUT2D eigenvalue weighted by Crippen LogP contribution is 2.21. The lowest BCUT2D eigenvalue weighted by molar-refractivity contribution is -0.145. The number of nitrogens with one attached hydrogen (secondary N) is 1. The maximum Gasteiger partial charge on any atom is 0.273 e. The van der Waals surface area contributed by atoms with Gasteiger partial charge in [0.1, 0.15) is 5.01 Å². The van der Waals surface area contributed by atoms with Gasteiger partial charge in [0.25, 0.3) is 5.91 Å². The fraction of sp³-hybridized carbons (Fsp3) is 0.412. The Morgan fingerprint density at radius 1 is 1.27 bits per heavy atom. The monoisotopic (exact) mass is 375 g/mol. The number of carbonyl (C=O) groups excluding carboxylic acids is 1. The molecule has 3 rings (SSSR count). The zero-order valence-corrected chi connectivity index (χ0v) is 15.5. The van der Waals surface area contributed by atoms with Crippen molar-refractivity contribution < 1.29 is 14.3 Å². The van der Waals surface area contributed by atoms with E-state index in [-0.39, 0.29) is 11.6 Å². The molecule has 0 unspecified atom stereocenters. The Morgan fingerprint density at radius 2 is 2.04 bits per heavy atom. The summed E-state index contributed by atoms with van der Waals surface area (Å²) in [6.45, 7) is 5.59. The van der Waals surface area contributed by atoms with Crippen LogP contribution in [0.3, 0.4) is 0 Å².